The second-order valence-electron chi connectivity index (χ2n) is 6.54. The first kappa shape index (κ1) is 19.1. The summed E-state index contributed by atoms with van der Waals surface area (Å²) in [7, 11) is 0. The fourth-order valence-corrected chi connectivity index (χ4v) is 3.40. The molecule has 0 aromatic heterocycles. The number of para-hydroxylation sites is 1. The van der Waals surface area contributed by atoms with Crippen LogP contribution in [0.3, 0.4) is 0 Å². The minimum Gasteiger partial charge on any atom is -0.368 e. The van der Waals surface area contributed by atoms with Gasteiger partial charge in [-0.15, -0.1) is 0 Å². The monoisotopic (exact) mass is 388 g/mol. The molecule has 1 aliphatic heterocycles. The summed E-state index contributed by atoms with van der Waals surface area (Å²) in [5.41, 5.74) is 1.91. The molecule has 0 spiro atoms. The van der Waals surface area contributed by atoms with Crippen molar-refractivity contribution in [1.29, 1.82) is 0 Å². The molecule has 0 unspecified atom stereocenters. The van der Waals surface area contributed by atoms with Crippen LogP contribution >= 0.6 is 11.6 Å². The lowest BCUT2D eigenvalue weighted by Gasteiger charge is -2.36. The van der Waals surface area contributed by atoms with E-state index < -0.39 is 4.92 Å². The van der Waals surface area contributed by atoms with Gasteiger partial charge in [-0.25, -0.2) is 0 Å². The highest BCUT2D eigenvalue weighted by Gasteiger charge is 2.22. The van der Waals surface area contributed by atoms with Crippen LogP contribution in [0.4, 0.5) is 17.1 Å². The third kappa shape index (κ3) is 4.75. The topological polar surface area (TPSA) is 78.7 Å². The van der Waals surface area contributed by atoms with E-state index in [2.05, 4.69) is 10.2 Å². The predicted molar refractivity (Wildman–Crippen MR) is 107 cm³/mol. The molecular formula is C19H21ClN4O3. The maximum atomic E-state index is 12.3. The summed E-state index contributed by atoms with van der Waals surface area (Å²) >= 11 is 6.25. The van der Waals surface area contributed by atoms with Crippen LogP contribution in [0, 0.1) is 17.0 Å². The fraction of sp³-hybridized carbons (Fsp3) is 0.316. The average molecular weight is 389 g/mol. The second-order valence-corrected chi connectivity index (χ2v) is 6.95. The molecule has 2 aromatic rings. The van der Waals surface area contributed by atoms with E-state index in [1.54, 1.807) is 19.1 Å². The number of nitro groups is 1. The van der Waals surface area contributed by atoms with Gasteiger partial charge in [0.25, 0.3) is 5.69 Å². The maximum Gasteiger partial charge on any atom is 0.293 e. The molecule has 1 aliphatic rings. The number of nitrogens with zero attached hydrogens (tertiary/aromatic N) is 3. The van der Waals surface area contributed by atoms with Gasteiger partial charge in [-0.05, 0) is 30.7 Å². The Morgan fingerprint density at radius 3 is 2.56 bits per heavy atom. The molecule has 2 aromatic carbocycles. The van der Waals surface area contributed by atoms with Crippen LogP contribution in [0.25, 0.3) is 0 Å². The standard InChI is InChI=1S/C19H21ClN4O3/c1-14-6-7-16(18(12-14)24(26)27)21-19(25)13-22-8-10-23(11-9-22)17-5-3-2-4-15(17)20/h2-7,12H,8-11,13H2,1H3,(H,21,25). The van der Waals surface area contributed by atoms with Crippen LogP contribution in [-0.2, 0) is 4.79 Å². The molecule has 1 N–H and O–H groups in total. The number of hydrogen-bond donors (Lipinski definition) is 1. The van der Waals surface area contributed by atoms with Crippen molar-refractivity contribution in [1.82, 2.24) is 4.90 Å². The Bertz CT molecular complexity index is 851. The van der Waals surface area contributed by atoms with E-state index in [4.69, 9.17) is 11.6 Å². The Hall–Kier alpha value is -2.64. The number of aryl methyl sites for hydroxylation is 1. The van der Waals surface area contributed by atoms with Crippen LogP contribution in [0.5, 0.6) is 0 Å². The van der Waals surface area contributed by atoms with Crippen molar-refractivity contribution in [2.45, 2.75) is 6.92 Å². The molecule has 0 radical (unpaired) electrons. The number of rotatable bonds is 5. The number of carbonyl (C=O) groups excluding carboxylic acids is 1. The van der Waals surface area contributed by atoms with E-state index in [0.29, 0.717) is 13.1 Å². The number of amides is 1. The number of anilines is 2. The minimum absolute atomic E-state index is 0.0908. The zero-order valence-electron chi connectivity index (χ0n) is 15.0. The van der Waals surface area contributed by atoms with Crippen molar-refractivity contribution < 1.29 is 9.72 Å². The molecule has 0 bridgehead atoms. The molecular weight excluding hydrogens is 368 g/mol. The minimum atomic E-state index is -0.481. The van der Waals surface area contributed by atoms with E-state index >= 15 is 0 Å². The second kappa shape index (κ2) is 8.37. The molecule has 0 saturated carbocycles. The lowest BCUT2D eigenvalue weighted by Crippen LogP contribution is -2.48. The molecule has 142 valence electrons. The highest BCUT2D eigenvalue weighted by molar-refractivity contribution is 6.33. The predicted octanol–water partition coefficient (Wildman–Crippen LogP) is 3.32. The van der Waals surface area contributed by atoms with E-state index in [1.165, 1.54) is 6.07 Å². The van der Waals surface area contributed by atoms with Crippen molar-refractivity contribution in [3.05, 3.63) is 63.2 Å². The Morgan fingerprint density at radius 2 is 1.89 bits per heavy atom. The van der Waals surface area contributed by atoms with Gasteiger partial charge in [0.05, 0.1) is 22.2 Å². The number of carbonyl (C=O) groups is 1. The van der Waals surface area contributed by atoms with Crippen molar-refractivity contribution in [3.8, 4) is 0 Å². The van der Waals surface area contributed by atoms with Gasteiger partial charge in [0.1, 0.15) is 5.69 Å². The Kier molecular flexibility index (Phi) is 5.93. The number of nitro benzene ring substituents is 1. The van der Waals surface area contributed by atoms with Gasteiger partial charge in [-0.1, -0.05) is 29.8 Å². The van der Waals surface area contributed by atoms with Crippen LogP contribution in [0.1, 0.15) is 5.56 Å². The smallest absolute Gasteiger partial charge is 0.293 e. The summed E-state index contributed by atoms with van der Waals surface area (Å²) in [4.78, 5) is 27.3. The van der Waals surface area contributed by atoms with Gasteiger partial charge >= 0.3 is 0 Å². The first-order valence-corrected chi connectivity index (χ1v) is 9.08. The molecule has 1 heterocycles. The van der Waals surface area contributed by atoms with Crippen molar-refractivity contribution in [2.24, 2.45) is 0 Å². The Balaban J connectivity index is 1.56. The summed E-state index contributed by atoms with van der Waals surface area (Å²) in [6.45, 7) is 4.94. The zero-order valence-corrected chi connectivity index (χ0v) is 15.8. The fourth-order valence-electron chi connectivity index (χ4n) is 3.15. The summed E-state index contributed by atoms with van der Waals surface area (Å²) in [6.07, 6.45) is 0. The summed E-state index contributed by atoms with van der Waals surface area (Å²) in [6, 6.07) is 12.5. The molecule has 1 fully saturated rings. The van der Waals surface area contributed by atoms with Crippen LogP contribution in [0.15, 0.2) is 42.5 Å². The lowest BCUT2D eigenvalue weighted by atomic mass is 10.2. The van der Waals surface area contributed by atoms with Crippen molar-refractivity contribution >= 4 is 34.6 Å². The summed E-state index contributed by atoms with van der Waals surface area (Å²) < 4.78 is 0. The molecule has 3 rings (SSSR count). The average Bonchev–Trinajstić information content (AvgIpc) is 2.64. The van der Waals surface area contributed by atoms with E-state index in [1.807, 2.05) is 29.2 Å². The molecule has 7 nitrogen and oxygen atoms in total. The van der Waals surface area contributed by atoms with Gasteiger partial charge in [0.2, 0.25) is 5.91 Å². The maximum absolute atomic E-state index is 12.3. The van der Waals surface area contributed by atoms with E-state index in [9.17, 15) is 14.9 Å². The number of hydrogen-bond acceptors (Lipinski definition) is 5. The first-order chi connectivity index (χ1) is 12.9. The molecule has 0 aliphatic carbocycles. The van der Waals surface area contributed by atoms with Gasteiger partial charge in [0.15, 0.2) is 0 Å². The van der Waals surface area contributed by atoms with E-state index in [-0.39, 0.29) is 23.8 Å². The number of benzene rings is 2. The van der Waals surface area contributed by atoms with E-state index in [0.717, 1.165) is 29.4 Å². The van der Waals surface area contributed by atoms with Gasteiger partial charge < -0.3 is 10.2 Å². The van der Waals surface area contributed by atoms with Crippen LogP contribution in [0.2, 0.25) is 5.02 Å². The molecule has 27 heavy (non-hydrogen) atoms. The molecule has 1 amide bonds. The van der Waals surface area contributed by atoms with Gasteiger partial charge in [-0.2, -0.15) is 0 Å². The quantitative estimate of drug-likeness (QED) is 0.628. The summed E-state index contributed by atoms with van der Waals surface area (Å²) in [5.74, 6) is -0.256. The van der Waals surface area contributed by atoms with Crippen LogP contribution in [-0.4, -0.2) is 48.5 Å². The number of nitrogens with one attached hydrogen (secondary N) is 1. The Labute approximate surface area is 162 Å². The largest absolute Gasteiger partial charge is 0.368 e. The summed E-state index contributed by atoms with van der Waals surface area (Å²) in [5, 5.41) is 14.6. The lowest BCUT2D eigenvalue weighted by molar-refractivity contribution is -0.384. The highest BCUT2D eigenvalue weighted by Crippen LogP contribution is 2.27. The zero-order chi connectivity index (χ0) is 19.4. The highest BCUT2D eigenvalue weighted by atomic mass is 35.5. The normalized spacial score (nSPS) is 14.8. The third-order valence-corrected chi connectivity index (χ3v) is 4.88. The SMILES string of the molecule is Cc1ccc(NC(=O)CN2CCN(c3ccccc3Cl)CC2)c([N+](=O)[O-])c1. The Morgan fingerprint density at radius 1 is 1.19 bits per heavy atom. The van der Waals surface area contributed by atoms with Crippen molar-refractivity contribution in [2.75, 3.05) is 42.9 Å². The van der Waals surface area contributed by atoms with Gasteiger partial charge in [-0.3, -0.25) is 19.8 Å². The molecule has 8 heteroatoms. The third-order valence-electron chi connectivity index (χ3n) is 4.56. The van der Waals surface area contributed by atoms with Gasteiger partial charge in [0, 0.05) is 32.2 Å². The van der Waals surface area contributed by atoms with Crippen LogP contribution < -0.4 is 10.2 Å². The number of halogens is 1. The van der Waals surface area contributed by atoms with Crippen molar-refractivity contribution in [3.63, 3.8) is 0 Å². The first-order valence-electron chi connectivity index (χ1n) is 8.71. The number of piperazine rings is 1. The molecule has 0 atom stereocenters. The molecule has 1 saturated heterocycles.